The van der Waals surface area contributed by atoms with Crippen LogP contribution in [0, 0.1) is 6.92 Å². The normalized spacial score (nSPS) is 20.6. The van der Waals surface area contributed by atoms with E-state index >= 15 is 0 Å². The summed E-state index contributed by atoms with van der Waals surface area (Å²) in [5.74, 6) is 0. The van der Waals surface area contributed by atoms with Crippen molar-refractivity contribution in [3.63, 3.8) is 0 Å². The Kier molecular flexibility index (Phi) is 4.41. The van der Waals surface area contributed by atoms with Crippen molar-refractivity contribution in [1.82, 2.24) is 5.32 Å². The second kappa shape index (κ2) is 5.85. The summed E-state index contributed by atoms with van der Waals surface area (Å²) < 4.78 is 0. The minimum Gasteiger partial charge on any atom is -0.389 e. The third kappa shape index (κ3) is 3.56. The maximum Gasteiger partial charge on any atom is 0.0771 e. The van der Waals surface area contributed by atoms with Gasteiger partial charge in [-0.3, -0.25) is 0 Å². The minimum absolute atomic E-state index is 0.302. The highest BCUT2D eigenvalue weighted by Crippen LogP contribution is 2.28. The summed E-state index contributed by atoms with van der Waals surface area (Å²) in [5.41, 5.74) is 2.11. The van der Waals surface area contributed by atoms with E-state index in [9.17, 15) is 5.11 Å². The van der Waals surface area contributed by atoms with Crippen LogP contribution in [0.5, 0.6) is 0 Å². The van der Waals surface area contributed by atoms with Gasteiger partial charge in [0, 0.05) is 12.6 Å². The number of aryl methyl sites for hydroxylation is 1. The van der Waals surface area contributed by atoms with Crippen LogP contribution in [0.25, 0.3) is 0 Å². The molecule has 2 heteroatoms. The van der Waals surface area contributed by atoms with E-state index in [-0.39, 0.29) is 0 Å². The van der Waals surface area contributed by atoms with E-state index < -0.39 is 5.60 Å². The molecule has 0 amide bonds. The van der Waals surface area contributed by atoms with Gasteiger partial charge in [0.2, 0.25) is 0 Å². The summed E-state index contributed by atoms with van der Waals surface area (Å²) in [6.45, 7) is 4.98. The van der Waals surface area contributed by atoms with Crippen LogP contribution in [-0.2, 0) is 0 Å². The van der Waals surface area contributed by atoms with Crippen molar-refractivity contribution in [2.45, 2.75) is 57.6 Å². The van der Waals surface area contributed by atoms with E-state index in [1.807, 2.05) is 0 Å². The maximum absolute atomic E-state index is 10.4. The molecule has 0 unspecified atom stereocenters. The maximum atomic E-state index is 10.4. The number of rotatable bonds is 4. The lowest BCUT2D eigenvalue weighted by Crippen LogP contribution is -2.42. The van der Waals surface area contributed by atoms with Crippen molar-refractivity contribution >= 4 is 0 Å². The van der Waals surface area contributed by atoms with Gasteiger partial charge in [0.05, 0.1) is 5.60 Å². The first-order chi connectivity index (χ1) is 8.59. The van der Waals surface area contributed by atoms with Crippen molar-refractivity contribution in [3.05, 3.63) is 35.4 Å². The van der Waals surface area contributed by atoms with E-state index in [2.05, 4.69) is 43.4 Å². The number of nitrogens with one attached hydrogen (secondary N) is 1. The first kappa shape index (κ1) is 13.6. The largest absolute Gasteiger partial charge is 0.389 e. The molecule has 2 nitrogen and oxygen atoms in total. The molecular formula is C16H25NO. The number of hydrogen-bond donors (Lipinski definition) is 2. The Morgan fingerprint density at radius 1 is 1.17 bits per heavy atom. The standard InChI is InChI=1S/C16H25NO/c1-13-6-8-15(9-7-13)14(2)17-12-16(18)10-4-3-5-11-16/h6-9,14,17-18H,3-5,10-12H2,1-2H3/t14-/m0/s1. The molecule has 0 saturated heterocycles. The van der Waals surface area contributed by atoms with Crippen molar-refractivity contribution in [2.75, 3.05) is 6.54 Å². The summed E-state index contributed by atoms with van der Waals surface area (Å²) in [7, 11) is 0. The Morgan fingerprint density at radius 2 is 1.78 bits per heavy atom. The molecule has 1 aromatic rings. The summed E-state index contributed by atoms with van der Waals surface area (Å²) in [4.78, 5) is 0. The van der Waals surface area contributed by atoms with E-state index in [4.69, 9.17) is 0 Å². The van der Waals surface area contributed by atoms with Crippen LogP contribution in [0.15, 0.2) is 24.3 Å². The quantitative estimate of drug-likeness (QED) is 0.855. The first-order valence-electron chi connectivity index (χ1n) is 7.11. The highest BCUT2D eigenvalue weighted by molar-refractivity contribution is 5.23. The van der Waals surface area contributed by atoms with E-state index in [1.165, 1.54) is 17.5 Å². The topological polar surface area (TPSA) is 32.3 Å². The molecule has 0 aliphatic heterocycles. The van der Waals surface area contributed by atoms with Gasteiger partial charge in [0.25, 0.3) is 0 Å². The van der Waals surface area contributed by atoms with Gasteiger partial charge >= 0.3 is 0 Å². The fourth-order valence-corrected chi connectivity index (χ4v) is 2.70. The molecule has 100 valence electrons. The molecule has 0 heterocycles. The predicted octanol–water partition coefficient (Wildman–Crippen LogP) is 3.34. The Bertz CT molecular complexity index is 365. The molecule has 0 spiro atoms. The van der Waals surface area contributed by atoms with Crippen LogP contribution in [0.2, 0.25) is 0 Å². The highest BCUT2D eigenvalue weighted by atomic mass is 16.3. The van der Waals surface area contributed by atoms with E-state index in [0.29, 0.717) is 12.6 Å². The molecular weight excluding hydrogens is 222 g/mol. The molecule has 1 saturated carbocycles. The summed E-state index contributed by atoms with van der Waals surface area (Å²) in [6, 6.07) is 8.91. The smallest absolute Gasteiger partial charge is 0.0771 e. The fourth-order valence-electron chi connectivity index (χ4n) is 2.70. The van der Waals surface area contributed by atoms with Crippen LogP contribution in [-0.4, -0.2) is 17.3 Å². The molecule has 2 N–H and O–H groups in total. The highest BCUT2D eigenvalue weighted by Gasteiger charge is 2.29. The number of hydrogen-bond acceptors (Lipinski definition) is 2. The van der Waals surface area contributed by atoms with Gasteiger partial charge in [-0.15, -0.1) is 0 Å². The lowest BCUT2D eigenvalue weighted by atomic mass is 9.84. The Labute approximate surface area is 110 Å². The van der Waals surface area contributed by atoms with Gasteiger partial charge in [-0.05, 0) is 32.3 Å². The molecule has 1 atom stereocenters. The zero-order valence-corrected chi connectivity index (χ0v) is 11.6. The monoisotopic (exact) mass is 247 g/mol. The van der Waals surface area contributed by atoms with Crippen LogP contribution in [0.4, 0.5) is 0 Å². The van der Waals surface area contributed by atoms with Gasteiger partial charge in [-0.25, -0.2) is 0 Å². The minimum atomic E-state index is -0.475. The van der Waals surface area contributed by atoms with E-state index in [1.54, 1.807) is 0 Å². The van der Waals surface area contributed by atoms with Crippen molar-refractivity contribution in [2.24, 2.45) is 0 Å². The van der Waals surface area contributed by atoms with Crippen LogP contribution in [0.1, 0.15) is 56.2 Å². The second-order valence-corrected chi connectivity index (χ2v) is 5.80. The molecule has 1 aromatic carbocycles. The lowest BCUT2D eigenvalue weighted by Gasteiger charge is -2.33. The lowest BCUT2D eigenvalue weighted by molar-refractivity contribution is 0.00300. The Hall–Kier alpha value is -0.860. The van der Waals surface area contributed by atoms with Crippen molar-refractivity contribution in [1.29, 1.82) is 0 Å². The third-order valence-corrected chi connectivity index (χ3v) is 4.10. The molecule has 18 heavy (non-hydrogen) atoms. The first-order valence-corrected chi connectivity index (χ1v) is 7.11. The molecule has 0 bridgehead atoms. The molecule has 0 radical (unpaired) electrons. The van der Waals surface area contributed by atoms with Crippen LogP contribution in [0.3, 0.4) is 0 Å². The molecule has 1 aliphatic carbocycles. The number of benzene rings is 1. The zero-order valence-electron chi connectivity index (χ0n) is 11.6. The summed E-state index contributed by atoms with van der Waals surface area (Å²) in [6.07, 6.45) is 5.49. The van der Waals surface area contributed by atoms with Crippen LogP contribution >= 0.6 is 0 Å². The van der Waals surface area contributed by atoms with Gasteiger partial charge in [0.1, 0.15) is 0 Å². The predicted molar refractivity (Wildman–Crippen MR) is 75.6 cm³/mol. The van der Waals surface area contributed by atoms with Crippen molar-refractivity contribution in [3.8, 4) is 0 Å². The number of aliphatic hydroxyl groups is 1. The van der Waals surface area contributed by atoms with Gasteiger partial charge < -0.3 is 10.4 Å². The fraction of sp³-hybridized carbons (Fsp3) is 0.625. The summed E-state index contributed by atoms with van der Waals surface area (Å²) in [5, 5.41) is 13.9. The van der Waals surface area contributed by atoms with Gasteiger partial charge in [0.15, 0.2) is 0 Å². The van der Waals surface area contributed by atoms with Gasteiger partial charge in [-0.1, -0.05) is 49.1 Å². The third-order valence-electron chi connectivity index (χ3n) is 4.10. The van der Waals surface area contributed by atoms with Crippen LogP contribution < -0.4 is 5.32 Å². The second-order valence-electron chi connectivity index (χ2n) is 5.80. The molecule has 1 fully saturated rings. The molecule has 0 aromatic heterocycles. The molecule has 1 aliphatic rings. The Balaban J connectivity index is 1.87. The van der Waals surface area contributed by atoms with Gasteiger partial charge in [-0.2, -0.15) is 0 Å². The Morgan fingerprint density at radius 3 is 2.39 bits per heavy atom. The SMILES string of the molecule is Cc1ccc([C@H](C)NCC2(O)CCCCC2)cc1. The average molecular weight is 247 g/mol. The summed E-state index contributed by atoms with van der Waals surface area (Å²) >= 11 is 0. The average Bonchev–Trinajstić information content (AvgIpc) is 2.38. The van der Waals surface area contributed by atoms with E-state index in [0.717, 1.165) is 25.7 Å². The van der Waals surface area contributed by atoms with Crippen molar-refractivity contribution < 1.29 is 5.11 Å². The molecule has 2 rings (SSSR count). The zero-order chi connectivity index (χ0) is 13.0.